The smallest absolute Gasteiger partial charge is 0.0547 e. The lowest BCUT2D eigenvalue weighted by atomic mass is 9.82. The minimum atomic E-state index is -0.0945. The highest BCUT2D eigenvalue weighted by Gasteiger charge is 2.38. The largest absolute Gasteiger partial charge is 0.309 e. The summed E-state index contributed by atoms with van der Waals surface area (Å²) in [5, 5.41) is 15.1. The molecule has 114 heavy (non-hydrogen) atoms. The molecule has 0 fully saturated rings. The van der Waals surface area contributed by atoms with E-state index < -0.39 is 0 Å². The molecule has 0 radical (unpaired) electrons. The maximum Gasteiger partial charge on any atom is 0.0547 e. The lowest BCUT2D eigenvalue weighted by Crippen LogP contribution is -2.15. The Morgan fingerprint density at radius 3 is 0.956 bits per heavy atom. The van der Waals surface area contributed by atoms with E-state index in [4.69, 9.17) is 0 Å². The van der Waals surface area contributed by atoms with E-state index in [9.17, 15) is 0 Å². The second-order valence-electron chi connectivity index (χ2n) is 32.3. The van der Waals surface area contributed by atoms with Gasteiger partial charge in [-0.2, -0.15) is 0 Å². The molecule has 2 aliphatic rings. The Morgan fingerprint density at radius 1 is 0.167 bits per heavy atom. The van der Waals surface area contributed by atoms with Crippen LogP contribution in [-0.2, 0) is 10.8 Å². The standard InChI is InChI=1S/2C55H38N2/c1-55(2)48-23-10-8-21-42(48)44-34-54-47(33-49(44)55)46-32-39(27-29-53(46)57(54)50-25-13-17-36-16-6-7-20-41(36)50)38-26-28-52-45(31-38)43-22-9-11-24-51(43)56(52)40-19-12-18-37(30-40)35-14-4-3-5-15-35;1-55(2)48-23-10-8-21-42(48)44-33-47-46-32-39(27-29-53(46)57(54(47)34-49(44)55)50-25-13-17-36-16-6-7-20-41(36)50)38-26-28-52-45(31-38)43-22-9-11-24-51(43)56(52)40-19-12-18-37(30-40)35-14-4-3-5-15-35/h2*3-34H,1-2H3. The number of benzene rings is 18. The van der Waals surface area contributed by atoms with Gasteiger partial charge in [-0.3, -0.25) is 0 Å². The molecule has 0 aliphatic heterocycles. The van der Waals surface area contributed by atoms with Gasteiger partial charge in [0.1, 0.15) is 0 Å². The summed E-state index contributed by atoms with van der Waals surface area (Å²) in [4.78, 5) is 0. The lowest BCUT2D eigenvalue weighted by Gasteiger charge is -2.21. The van der Waals surface area contributed by atoms with Crippen LogP contribution in [-0.4, -0.2) is 18.3 Å². The van der Waals surface area contributed by atoms with Crippen LogP contribution >= 0.6 is 0 Å². The van der Waals surface area contributed by atoms with E-state index in [1.165, 1.54) is 209 Å². The molecule has 0 bridgehead atoms. The van der Waals surface area contributed by atoms with Crippen molar-refractivity contribution < 1.29 is 0 Å². The molecule has 0 spiro atoms. The van der Waals surface area contributed by atoms with Crippen LogP contribution in [0.25, 0.3) is 198 Å². The molecule has 4 heterocycles. The lowest BCUT2D eigenvalue weighted by molar-refractivity contribution is 0.661. The molecule has 0 amide bonds. The van der Waals surface area contributed by atoms with E-state index in [0.717, 1.165) is 11.4 Å². The Morgan fingerprint density at radius 2 is 0.482 bits per heavy atom. The summed E-state index contributed by atoms with van der Waals surface area (Å²) in [6, 6.07) is 144. The first-order valence-corrected chi connectivity index (χ1v) is 39.9. The first kappa shape index (κ1) is 65.6. The second-order valence-corrected chi connectivity index (χ2v) is 32.3. The van der Waals surface area contributed by atoms with Crippen molar-refractivity contribution in [2.45, 2.75) is 38.5 Å². The van der Waals surface area contributed by atoms with Crippen molar-refractivity contribution in [3.8, 4) is 89.5 Å². The molecule has 536 valence electrons. The molecule has 4 nitrogen and oxygen atoms in total. The Hall–Kier alpha value is -14.3. The van der Waals surface area contributed by atoms with Gasteiger partial charge >= 0.3 is 0 Å². The maximum absolute atomic E-state index is 2.51. The zero-order valence-corrected chi connectivity index (χ0v) is 63.7. The number of para-hydroxylation sites is 2. The fourth-order valence-corrected chi connectivity index (χ4v) is 19.9. The number of nitrogens with zero attached hydrogens (tertiary/aromatic N) is 4. The van der Waals surface area contributed by atoms with Crippen LogP contribution < -0.4 is 0 Å². The van der Waals surface area contributed by atoms with Crippen molar-refractivity contribution in [3.05, 3.63) is 411 Å². The van der Waals surface area contributed by atoms with Crippen LogP contribution in [0.5, 0.6) is 0 Å². The third-order valence-corrected chi connectivity index (χ3v) is 25.4. The molecule has 4 heteroatoms. The SMILES string of the molecule is CC1(C)c2ccccc2-c2cc3c(cc21)c1cc(-c2ccc4c(c2)c2ccccc2n4-c2cccc(-c4ccccc4)c2)ccc1n3-c1cccc2ccccc12.CC1(C)c2ccccc2-c2cc3c4cc(-c5ccc6c(c5)c5ccccc5n6-c5cccc(-c6ccccc6)c5)ccc4n(-c4cccc5ccccc45)c3cc21. The van der Waals surface area contributed by atoms with Crippen molar-refractivity contribution in [3.63, 3.8) is 0 Å². The van der Waals surface area contributed by atoms with Crippen molar-refractivity contribution in [2.24, 2.45) is 0 Å². The van der Waals surface area contributed by atoms with E-state index in [0.29, 0.717) is 0 Å². The molecule has 22 aromatic rings. The number of hydrogen-bond acceptors (Lipinski definition) is 0. The maximum atomic E-state index is 2.51. The molecule has 18 aromatic carbocycles. The summed E-state index contributed by atoms with van der Waals surface area (Å²) >= 11 is 0. The van der Waals surface area contributed by atoms with Crippen LogP contribution in [0.15, 0.2) is 388 Å². The Bertz CT molecular complexity index is 7770. The fraction of sp³-hybridized carbons (Fsp3) is 0.0545. The summed E-state index contributed by atoms with van der Waals surface area (Å²) < 4.78 is 9.85. The van der Waals surface area contributed by atoms with E-state index in [1.807, 2.05) is 0 Å². The Balaban J connectivity index is 0.000000135. The Labute approximate surface area is 661 Å². The van der Waals surface area contributed by atoms with Gasteiger partial charge in [0.15, 0.2) is 0 Å². The molecule has 0 saturated carbocycles. The van der Waals surface area contributed by atoms with Crippen LogP contribution in [0.1, 0.15) is 49.9 Å². The summed E-state index contributed by atoms with van der Waals surface area (Å²) in [5.74, 6) is 0. The van der Waals surface area contributed by atoms with Gasteiger partial charge in [0.05, 0.1) is 55.5 Å². The van der Waals surface area contributed by atoms with E-state index >= 15 is 0 Å². The van der Waals surface area contributed by atoms with Gasteiger partial charge in [-0.15, -0.1) is 0 Å². The van der Waals surface area contributed by atoms with Crippen LogP contribution in [0.4, 0.5) is 0 Å². The van der Waals surface area contributed by atoms with Crippen molar-refractivity contribution >= 4 is 109 Å². The monoisotopic (exact) mass is 1450 g/mol. The summed E-state index contributed by atoms with van der Waals surface area (Å²) in [6.07, 6.45) is 0. The molecule has 24 rings (SSSR count). The van der Waals surface area contributed by atoms with Crippen molar-refractivity contribution in [1.82, 2.24) is 18.3 Å². The molecule has 4 aromatic heterocycles. The molecule has 2 aliphatic carbocycles. The number of aromatic nitrogens is 4. The Kier molecular flexibility index (Phi) is 14.4. The predicted octanol–water partition coefficient (Wildman–Crippen LogP) is 29.3. The molecule has 0 N–H and O–H groups in total. The minimum absolute atomic E-state index is 0.0918. The number of hydrogen-bond donors (Lipinski definition) is 0. The zero-order valence-electron chi connectivity index (χ0n) is 63.7. The second kappa shape index (κ2) is 25.1. The quantitative estimate of drug-likeness (QED) is 0.144. The molecule has 0 atom stereocenters. The summed E-state index contributed by atoms with van der Waals surface area (Å²) in [7, 11) is 0. The highest BCUT2D eigenvalue weighted by molar-refractivity contribution is 6.18. The van der Waals surface area contributed by atoms with Crippen molar-refractivity contribution in [2.75, 3.05) is 0 Å². The topological polar surface area (TPSA) is 19.7 Å². The highest BCUT2D eigenvalue weighted by atomic mass is 15.0. The van der Waals surface area contributed by atoms with Gasteiger partial charge in [-0.05, 0) is 221 Å². The molecular weight excluding hydrogens is 1380 g/mol. The third kappa shape index (κ3) is 9.90. The van der Waals surface area contributed by atoms with Gasteiger partial charge in [-0.1, -0.05) is 295 Å². The van der Waals surface area contributed by atoms with Crippen LogP contribution in [0, 0.1) is 0 Å². The van der Waals surface area contributed by atoms with Gasteiger partial charge in [0.25, 0.3) is 0 Å². The predicted molar refractivity (Wildman–Crippen MR) is 482 cm³/mol. The van der Waals surface area contributed by atoms with E-state index in [-0.39, 0.29) is 10.8 Å². The zero-order chi connectivity index (χ0) is 75.7. The van der Waals surface area contributed by atoms with Crippen molar-refractivity contribution in [1.29, 1.82) is 0 Å². The molecule has 0 saturated heterocycles. The van der Waals surface area contributed by atoms with Gasteiger partial charge in [-0.25, -0.2) is 0 Å². The first-order chi connectivity index (χ1) is 56.1. The molecular formula is C110H76N4. The highest BCUT2D eigenvalue weighted by Crippen LogP contribution is 2.54. The molecule has 0 unspecified atom stereocenters. The number of rotatable bonds is 8. The van der Waals surface area contributed by atoms with E-state index in [1.54, 1.807) is 0 Å². The van der Waals surface area contributed by atoms with Crippen LogP contribution in [0.2, 0.25) is 0 Å². The van der Waals surface area contributed by atoms with Gasteiger partial charge in [0.2, 0.25) is 0 Å². The normalized spacial score (nSPS) is 13.2. The third-order valence-electron chi connectivity index (χ3n) is 25.4. The van der Waals surface area contributed by atoms with Gasteiger partial charge < -0.3 is 18.3 Å². The van der Waals surface area contributed by atoms with Gasteiger partial charge in [0, 0.05) is 76.1 Å². The number of fused-ring (bicyclic) bond motifs is 20. The first-order valence-electron chi connectivity index (χ1n) is 39.9. The summed E-state index contributed by atoms with van der Waals surface area (Å²) in [5.41, 5.74) is 35.0. The average Bonchev–Trinajstić information content (AvgIpc) is 1.55. The summed E-state index contributed by atoms with van der Waals surface area (Å²) in [6.45, 7) is 9.50. The van der Waals surface area contributed by atoms with E-state index in [2.05, 4.69) is 434 Å². The minimum Gasteiger partial charge on any atom is -0.309 e. The average molecular weight is 1450 g/mol. The van der Waals surface area contributed by atoms with Crippen LogP contribution in [0.3, 0.4) is 0 Å². The fourth-order valence-electron chi connectivity index (χ4n) is 19.9.